The van der Waals surface area contributed by atoms with Crippen molar-refractivity contribution in [3.8, 4) is 11.5 Å². The number of hydrogen-bond acceptors (Lipinski definition) is 7. The van der Waals surface area contributed by atoms with Crippen LogP contribution in [-0.2, 0) is 11.2 Å². The Kier molecular flexibility index (Phi) is 3.92. The summed E-state index contributed by atoms with van der Waals surface area (Å²) < 4.78 is 0. The molecule has 0 saturated heterocycles. The van der Waals surface area contributed by atoms with Crippen LogP contribution in [0.5, 0.6) is 11.5 Å². The monoisotopic (exact) mass is 382 g/mol. The molecule has 4 rings (SSSR count). The van der Waals surface area contributed by atoms with E-state index in [-0.39, 0.29) is 58.6 Å². The Morgan fingerprint density at radius 2 is 1.86 bits per heavy atom. The number of aliphatic hydroxyl groups excluding tert-OH is 1. The second-order valence-corrected chi connectivity index (χ2v) is 7.58. The molecule has 144 valence electrons. The predicted octanol–water partition coefficient (Wildman–Crippen LogP) is 1.56. The summed E-state index contributed by atoms with van der Waals surface area (Å²) >= 11 is 0. The smallest absolute Gasteiger partial charge is 0.201 e. The van der Waals surface area contributed by atoms with Crippen LogP contribution >= 0.6 is 0 Å². The van der Waals surface area contributed by atoms with E-state index in [0.29, 0.717) is 5.56 Å². The molecule has 2 aliphatic rings. The molecule has 0 fully saturated rings. The summed E-state index contributed by atoms with van der Waals surface area (Å²) in [6.07, 6.45) is -1.72. The van der Waals surface area contributed by atoms with Crippen LogP contribution in [0.3, 0.4) is 0 Å². The molecule has 7 nitrogen and oxygen atoms in total. The van der Waals surface area contributed by atoms with Gasteiger partial charge in [-0.3, -0.25) is 14.4 Å². The number of aromatic hydroxyl groups is 2. The maximum Gasteiger partial charge on any atom is 0.201 e. The molecule has 0 bridgehead atoms. The van der Waals surface area contributed by atoms with Crippen molar-refractivity contribution in [1.29, 1.82) is 0 Å². The zero-order valence-electron chi connectivity index (χ0n) is 15.0. The lowest BCUT2D eigenvalue weighted by Gasteiger charge is -2.37. The lowest BCUT2D eigenvalue weighted by atomic mass is 9.72. The maximum absolute atomic E-state index is 12.9. The zero-order valence-corrected chi connectivity index (χ0v) is 15.0. The van der Waals surface area contributed by atoms with Gasteiger partial charge in [0.25, 0.3) is 0 Å². The minimum Gasteiger partial charge on any atom is -0.507 e. The zero-order chi connectivity index (χ0) is 20.4. The Balaban J connectivity index is 1.92. The second kappa shape index (κ2) is 5.98. The van der Waals surface area contributed by atoms with E-state index in [9.17, 15) is 34.8 Å². The molecule has 0 saturated carbocycles. The molecular formula is C21H18O7. The summed E-state index contributed by atoms with van der Waals surface area (Å²) in [6, 6.07) is 5.51. The van der Waals surface area contributed by atoms with Gasteiger partial charge in [-0.1, -0.05) is 12.1 Å². The number of hydrogen-bond donors (Lipinski definition) is 4. The van der Waals surface area contributed by atoms with Crippen LogP contribution in [0.15, 0.2) is 24.3 Å². The molecule has 0 aliphatic heterocycles. The molecule has 7 heteroatoms. The summed E-state index contributed by atoms with van der Waals surface area (Å²) in [7, 11) is 0. The number of phenolic OH excluding ortho intramolecular Hbond substituents is 2. The average molecular weight is 382 g/mol. The van der Waals surface area contributed by atoms with Gasteiger partial charge in [-0.25, -0.2) is 0 Å². The number of ketones is 3. The van der Waals surface area contributed by atoms with Crippen LogP contribution in [0.25, 0.3) is 0 Å². The number of fused-ring (bicyclic) bond motifs is 3. The molecular weight excluding hydrogens is 364 g/mol. The highest BCUT2D eigenvalue weighted by molar-refractivity contribution is 6.30. The van der Waals surface area contributed by atoms with Crippen LogP contribution < -0.4 is 0 Å². The number of Topliss-reactive ketones (excluding diaryl/α,β-unsaturated/α-hetero) is 1. The molecule has 2 atom stereocenters. The first kappa shape index (κ1) is 18.3. The first-order valence-corrected chi connectivity index (χ1v) is 8.83. The van der Waals surface area contributed by atoms with Crippen molar-refractivity contribution in [1.82, 2.24) is 0 Å². The summed E-state index contributed by atoms with van der Waals surface area (Å²) in [4.78, 5) is 37.3. The third-order valence-corrected chi connectivity index (χ3v) is 5.42. The van der Waals surface area contributed by atoms with Crippen molar-refractivity contribution in [3.63, 3.8) is 0 Å². The van der Waals surface area contributed by atoms with Crippen molar-refractivity contribution >= 4 is 17.3 Å². The van der Waals surface area contributed by atoms with Crippen LogP contribution in [0, 0.1) is 0 Å². The van der Waals surface area contributed by atoms with Crippen molar-refractivity contribution in [3.05, 3.63) is 57.6 Å². The summed E-state index contributed by atoms with van der Waals surface area (Å²) in [5.41, 5.74) is -1.62. The lowest BCUT2D eigenvalue weighted by Crippen LogP contribution is -2.40. The van der Waals surface area contributed by atoms with Crippen molar-refractivity contribution in [2.45, 2.75) is 37.9 Å². The molecule has 0 radical (unpaired) electrons. The standard InChI is InChI=1S/C21H18O7/c1-9(22)6-21(28)7-10-5-12-17(19(26)15(10)14(24)8-21)20(27)16-11(18(12)25)3-2-4-13(16)23/h2-5,14,23-24,26,28H,6-8H2,1H3/t14-,21-/m0/s1. The van der Waals surface area contributed by atoms with Crippen molar-refractivity contribution < 1.29 is 34.8 Å². The highest BCUT2D eigenvalue weighted by Gasteiger charge is 2.43. The Hall–Kier alpha value is -3.03. The molecule has 0 heterocycles. The number of aliphatic hydroxyl groups is 2. The van der Waals surface area contributed by atoms with E-state index in [0.717, 1.165) is 0 Å². The maximum atomic E-state index is 12.9. The first-order valence-electron chi connectivity index (χ1n) is 8.83. The van der Waals surface area contributed by atoms with Gasteiger partial charge in [-0.05, 0) is 24.6 Å². The Morgan fingerprint density at radius 1 is 1.14 bits per heavy atom. The van der Waals surface area contributed by atoms with Gasteiger partial charge in [0, 0.05) is 36.0 Å². The molecule has 4 N–H and O–H groups in total. The number of benzene rings is 2. The summed E-state index contributed by atoms with van der Waals surface area (Å²) in [5, 5.41) is 42.0. The Labute approximate surface area is 159 Å². The molecule has 2 aliphatic carbocycles. The quantitative estimate of drug-likeness (QED) is 0.529. The minimum absolute atomic E-state index is 0.0206. The lowest BCUT2D eigenvalue weighted by molar-refractivity contribution is -0.123. The topological polar surface area (TPSA) is 132 Å². The fourth-order valence-corrected chi connectivity index (χ4v) is 4.39. The molecule has 0 spiro atoms. The van der Waals surface area contributed by atoms with E-state index in [1.807, 2.05) is 0 Å². The highest BCUT2D eigenvalue weighted by atomic mass is 16.3. The highest BCUT2D eigenvalue weighted by Crippen LogP contribution is 2.46. The van der Waals surface area contributed by atoms with Crippen LogP contribution in [0.1, 0.15) is 68.8 Å². The van der Waals surface area contributed by atoms with E-state index < -0.39 is 29.0 Å². The Morgan fingerprint density at radius 3 is 2.54 bits per heavy atom. The van der Waals surface area contributed by atoms with Gasteiger partial charge < -0.3 is 20.4 Å². The third kappa shape index (κ3) is 2.55. The fraction of sp³-hybridized carbons (Fsp3) is 0.286. The predicted molar refractivity (Wildman–Crippen MR) is 96.6 cm³/mol. The van der Waals surface area contributed by atoms with Crippen LogP contribution in [0.4, 0.5) is 0 Å². The average Bonchev–Trinajstić information content (AvgIpc) is 2.57. The van der Waals surface area contributed by atoms with Gasteiger partial charge in [0.05, 0.1) is 22.8 Å². The number of carbonyl (C=O) groups is 3. The van der Waals surface area contributed by atoms with E-state index in [2.05, 4.69) is 0 Å². The van der Waals surface area contributed by atoms with E-state index in [4.69, 9.17) is 0 Å². The van der Waals surface area contributed by atoms with Crippen LogP contribution in [0.2, 0.25) is 0 Å². The van der Waals surface area contributed by atoms with E-state index in [1.165, 1.54) is 31.2 Å². The molecule has 0 unspecified atom stereocenters. The summed E-state index contributed by atoms with van der Waals surface area (Å²) in [5.74, 6) is -2.41. The van der Waals surface area contributed by atoms with Crippen molar-refractivity contribution in [2.24, 2.45) is 0 Å². The Bertz CT molecular complexity index is 1070. The second-order valence-electron chi connectivity index (χ2n) is 7.58. The number of carbonyl (C=O) groups excluding carboxylic acids is 3. The van der Waals surface area contributed by atoms with Gasteiger partial charge in [-0.2, -0.15) is 0 Å². The summed E-state index contributed by atoms with van der Waals surface area (Å²) in [6.45, 7) is 1.33. The van der Waals surface area contributed by atoms with E-state index in [1.54, 1.807) is 0 Å². The largest absolute Gasteiger partial charge is 0.507 e. The third-order valence-electron chi connectivity index (χ3n) is 5.42. The molecule has 2 aromatic rings. The molecule has 0 amide bonds. The van der Waals surface area contributed by atoms with E-state index >= 15 is 0 Å². The van der Waals surface area contributed by atoms with Gasteiger partial charge in [0.15, 0.2) is 5.78 Å². The van der Waals surface area contributed by atoms with Gasteiger partial charge in [-0.15, -0.1) is 0 Å². The van der Waals surface area contributed by atoms with Gasteiger partial charge >= 0.3 is 0 Å². The molecule has 0 aromatic heterocycles. The van der Waals surface area contributed by atoms with Gasteiger partial charge in [0.1, 0.15) is 17.3 Å². The number of rotatable bonds is 2. The van der Waals surface area contributed by atoms with Crippen LogP contribution in [-0.4, -0.2) is 43.4 Å². The fourth-order valence-electron chi connectivity index (χ4n) is 4.39. The molecule has 28 heavy (non-hydrogen) atoms. The molecule has 2 aromatic carbocycles. The van der Waals surface area contributed by atoms with Gasteiger partial charge in [0.2, 0.25) is 5.78 Å². The SMILES string of the molecule is CC(=O)C[C@]1(O)Cc2cc3c(c(O)c2[C@@H](O)C1)C(=O)c1c(O)cccc1C3=O. The first-order chi connectivity index (χ1) is 13.1. The number of phenols is 2. The van der Waals surface area contributed by atoms with Crippen molar-refractivity contribution in [2.75, 3.05) is 0 Å². The normalized spacial score (nSPS) is 23.0. The minimum atomic E-state index is -1.50.